The van der Waals surface area contributed by atoms with E-state index in [4.69, 9.17) is 10.9 Å². The van der Waals surface area contributed by atoms with Gasteiger partial charge < -0.3 is 5.73 Å². The Hall–Kier alpha value is -1.33. The van der Waals surface area contributed by atoms with Crippen molar-refractivity contribution in [1.82, 2.24) is 4.98 Å². The molecule has 0 aromatic carbocycles. The van der Waals surface area contributed by atoms with Crippen molar-refractivity contribution in [3.8, 4) is 0 Å². The third kappa shape index (κ3) is 3.36. The van der Waals surface area contributed by atoms with Crippen molar-refractivity contribution in [2.24, 2.45) is 10.9 Å². The Labute approximate surface area is 104 Å². The first-order valence-corrected chi connectivity index (χ1v) is 6.15. The average Bonchev–Trinajstić information content (AvgIpc) is 2.24. The molecular weight excluding hydrogens is 297 g/mol. The summed E-state index contributed by atoms with van der Waals surface area (Å²) < 4.78 is 84.9. The monoisotopic (exact) mass is 305 g/mol. The zero-order valence-corrected chi connectivity index (χ0v) is 9.89. The molecule has 0 saturated carbocycles. The van der Waals surface area contributed by atoms with Crippen LogP contribution in [-0.4, -0.2) is 13.4 Å². The Balaban J connectivity index is 3.71. The van der Waals surface area contributed by atoms with Crippen molar-refractivity contribution in [3.63, 3.8) is 0 Å². The van der Waals surface area contributed by atoms with Crippen molar-refractivity contribution < 1.29 is 30.4 Å². The minimum atomic E-state index is -5.16. The Morgan fingerprint density at radius 3 is 2.16 bits per heavy atom. The van der Waals surface area contributed by atoms with E-state index in [2.05, 4.69) is 4.98 Å². The largest absolute Gasteiger partial charge is 0.433 e. The Morgan fingerprint density at radius 1 is 1.32 bits per heavy atom. The molecular formula is C8H8F5N3O2S. The molecule has 0 atom stereocenters. The third-order valence-corrected chi connectivity index (χ3v) is 3.06. The van der Waals surface area contributed by atoms with E-state index in [1.807, 2.05) is 0 Å². The highest BCUT2D eigenvalue weighted by molar-refractivity contribution is 7.89. The maximum atomic E-state index is 12.6. The molecule has 0 aliphatic heterocycles. The first kappa shape index (κ1) is 15.7. The number of nitrogens with two attached hydrogens (primary N) is 2. The van der Waals surface area contributed by atoms with Crippen LogP contribution < -0.4 is 10.9 Å². The number of hydrogen-bond acceptors (Lipinski definition) is 4. The molecule has 0 fully saturated rings. The lowest BCUT2D eigenvalue weighted by atomic mass is 10.1. The quantitative estimate of drug-likeness (QED) is 0.818. The van der Waals surface area contributed by atoms with Gasteiger partial charge in [-0.05, 0) is 6.07 Å². The molecule has 0 radical (unpaired) electrons. The molecule has 11 heteroatoms. The van der Waals surface area contributed by atoms with Gasteiger partial charge >= 0.3 is 6.18 Å². The summed E-state index contributed by atoms with van der Waals surface area (Å²) in [5.74, 6) is 0. The van der Waals surface area contributed by atoms with Gasteiger partial charge in [0.05, 0.1) is 5.69 Å². The fraction of sp³-hybridized carbons (Fsp3) is 0.375. The lowest BCUT2D eigenvalue weighted by Gasteiger charge is -2.15. The van der Waals surface area contributed by atoms with Crippen LogP contribution in [0.2, 0.25) is 0 Å². The highest BCUT2D eigenvalue weighted by Gasteiger charge is 2.39. The van der Waals surface area contributed by atoms with Gasteiger partial charge in [-0.1, -0.05) is 0 Å². The third-order valence-electron chi connectivity index (χ3n) is 2.09. The molecule has 0 unspecified atom stereocenters. The number of halogens is 5. The molecule has 1 heterocycles. The van der Waals surface area contributed by atoms with Crippen molar-refractivity contribution in [2.75, 3.05) is 0 Å². The van der Waals surface area contributed by atoms with Crippen LogP contribution in [0.25, 0.3) is 0 Å². The van der Waals surface area contributed by atoms with Gasteiger partial charge in [-0.3, -0.25) is 0 Å². The number of nitrogens with zero attached hydrogens (tertiary/aromatic N) is 1. The predicted molar refractivity (Wildman–Crippen MR) is 53.5 cm³/mol. The topological polar surface area (TPSA) is 99.1 Å². The second-order valence-electron chi connectivity index (χ2n) is 3.42. The minimum absolute atomic E-state index is 0.151. The molecule has 0 saturated heterocycles. The second kappa shape index (κ2) is 4.98. The highest BCUT2D eigenvalue weighted by Crippen LogP contribution is 2.36. The Bertz CT molecular complexity index is 585. The summed E-state index contributed by atoms with van der Waals surface area (Å²) in [6.07, 6.45) is -8.72. The summed E-state index contributed by atoms with van der Waals surface area (Å²) >= 11 is 0. The fourth-order valence-corrected chi connectivity index (χ4v) is 2.08. The number of alkyl halides is 5. The van der Waals surface area contributed by atoms with Gasteiger partial charge in [0, 0.05) is 12.1 Å². The molecule has 4 N–H and O–H groups in total. The number of primary sulfonamides is 1. The van der Waals surface area contributed by atoms with Crippen LogP contribution in [0.15, 0.2) is 11.0 Å². The molecule has 1 aromatic heterocycles. The van der Waals surface area contributed by atoms with E-state index in [-0.39, 0.29) is 6.07 Å². The van der Waals surface area contributed by atoms with Crippen LogP contribution in [0.4, 0.5) is 22.0 Å². The molecule has 1 aromatic rings. The molecule has 108 valence electrons. The number of aromatic nitrogens is 1. The summed E-state index contributed by atoms with van der Waals surface area (Å²) in [6.45, 7) is -0.696. The van der Waals surface area contributed by atoms with Crippen LogP contribution in [0, 0.1) is 0 Å². The van der Waals surface area contributed by atoms with Gasteiger partial charge in [0.25, 0.3) is 6.43 Å². The molecule has 0 bridgehead atoms. The molecule has 5 nitrogen and oxygen atoms in total. The number of rotatable bonds is 3. The number of pyridine rings is 1. The zero-order chi connectivity index (χ0) is 15.0. The van der Waals surface area contributed by atoms with Crippen molar-refractivity contribution in [1.29, 1.82) is 0 Å². The normalized spacial score (nSPS) is 13.1. The van der Waals surface area contributed by atoms with Gasteiger partial charge in [0.15, 0.2) is 5.69 Å². The lowest BCUT2D eigenvalue weighted by molar-refractivity contribution is -0.143. The fourth-order valence-electron chi connectivity index (χ4n) is 1.33. The molecule has 1 rings (SSSR count). The van der Waals surface area contributed by atoms with E-state index < -0.39 is 51.0 Å². The molecule has 0 amide bonds. The first-order chi connectivity index (χ1) is 8.48. The van der Waals surface area contributed by atoms with Crippen LogP contribution in [-0.2, 0) is 22.7 Å². The first-order valence-electron chi connectivity index (χ1n) is 4.60. The molecule has 0 aliphatic rings. The second-order valence-corrected chi connectivity index (χ2v) is 4.95. The van der Waals surface area contributed by atoms with E-state index in [9.17, 15) is 30.4 Å². The van der Waals surface area contributed by atoms with Gasteiger partial charge in [0.1, 0.15) is 4.90 Å². The Kier molecular flexibility index (Phi) is 4.12. The Morgan fingerprint density at radius 2 is 1.84 bits per heavy atom. The highest BCUT2D eigenvalue weighted by atomic mass is 32.2. The molecule has 19 heavy (non-hydrogen) atoms. The maximum absolute atomic E-state index is 12.6. The summed E-state index contributed by atoms with van der Waals surface area (Å²) in [5, 5.41) is 4.71. The van der Waals surface area contributed by atoms with Crippen molar-refractivity contribution in [3.05, 3.63) is 23.0 Å². The van der Waals surface area contributed by atoms with E-state index >= 15 is 0 Å². The smallest absolute Gasteiger partial charge is 0.325 e. The molecule has 0 spiro atoms. The predicted octanol–water partition coefficient (Wildman–Crippen LogP) is 1.14. The minimum Gasteiger partial charge on any atom is -0.325 e. The van der Waals surface area contributed by atoms with Crippen molar-refractivity contribution in [2.45, 2.75) is 24.0 Å². The average molecular weight is 305 g/mol. The van der Waals surface area contributed by atoms with Gasteiger partial charge in [-0.15, -0.1) is 0 Å². The van der Waals surface area contributed by atoms with Gasteiger partial charge in [0.2, 0.25) is 10.0 Å². The molecule has 0 aliphatic carbocycles. The van der Waals surface area contributed by atoms with Gasteiger partial charge in [-0.25, -0.2) is 27.3 Å². The van der Waals surface area contributed by atoms with Crippen molar-refractivity contribution >= 4 is 10.0 Å². The van der Waals surface area contributed by atoms with Crippen LogP contribution >= 0.6 is 0 Å². The number of sulfonamides is 1. The summed E-state index contributed by atoms with van der Waals surface area (Å²) in [4.78, 5) is 1.91. The van der Waals surface area contributed by atoms with E-state index in [1.54, 1.807) is 0 Å². The van der Waals surface area contributed by atoms with Crippen LogP contribution in [0.3, 0.4) is 0 Å². The van der Waals surface area contributed by atoms with Gasteiger partial charge in [-0.2, -0.15) is 13.2 Å². The van der Waals surface area contributed by atoms with E-state index in [0.717, 1.165) is 0 Å². The summed E-state index contributed by atoms with van der Waals surface area (Å²) in [6, 6.07) is 0.151. The summed E-state index contributed by atoms with van der Waals surface area (Å²) in [7, 11) is -4.51. The van der Waals surface area contributed by atoms with E-state index in [1.165, 1.54) is 0 Å². The standard InChI is InChI=1S/C8H8F5N3O2S/c9-7(10)3-1-5(19(15,17)18)4(2-14)16-6(3)8(11,12)13/h1,7H,2,14H2,(H2,15,17,18). The lowest BCUT2D eigenvalue weighted by Crippen LogP contribution is -2.22. The number of hydrogen-bond donors (Lipinski definition) is 2. The summed E-state index contributed by atoms with van der Waals surface area (Å²) in [5.41, 5.74) is 0.885. The zero-order valence-electron chi connectivity index (χ0n) is 9.08. The van der Waals surface area contributed by atoms with E-state index in [0.29, 0.717) is 0 Å². The van der Waals surface area contributed by atoms with Crippen LogP contribution in [0.5, 0.6) is 0 Å². The van der Waals surface area contributed by atoms with Crippen LogP contribution in [0.1, 0.15) is 23.4 Å². The SMILES string of the molecule is NCc1nc(C(F)(F)F)c(C(F)F)cc1S(N)(=O)=O. The maximum Gasteiger partial charge on any atom is 0.433 e.